The summed E-state index contributed by atoms with van der Waals surface area (Å²) in [5.41, 5.74) is 0.314. The zero-order chi connectivity index (χ0) is 14.0. The molecular formula is C14H15BrFNO2. The van der Waals surface area contributed by atoms with Crippen molar-refractivity contribution in [2.45, 2.75) is 19.8 Å². The van der Waals surface area contributed by atoms with Crippen LogP contribution >= 0.6 is 15.9 Å². The van der Waals surface area contributed by atoms with E-state index in [4.69, 9.17) is 0 Å². The van der Waals surface area contributed by atoms with Gasteiger partial charge in [0.05, 0.1) is 11.3 Å². The first-order valence-electron chi connectivity index (χ1n) is 6.30. The molecule has 0 radical (unpaired) electrons. The number of benzene rings is 1. The van der Waals surface area contributed by atoms with Crippen molar-refractivity contribution < 1.29 is 14.0 Å². The molecule has 1 heterocycles. The van der Waals surface area contributed by atoms with Crippen LogP contribution in [0.2, 0.25) is 0 Å². The highest BCUT2D eigenvalue weighted by Crippen LogP contribution is 2.32. The van der Waals surface area contributed by atoms with Gasteiger partial charge in [-0.2, -0.15) is 0 Å². The van der Waals surface area contributed by atoms with Crippen LogP contribution in [0.5, 0.6) is 0 Å². The highest BCUT2D eigenvalue weighted by atomic mass is 79.9. The Hall–Kier alpha value is -1.23. The molecule has 1 unspecified atom stereocenters. The average molecular weight is 328 g/mol. The Morgan fingerprint density at radius 1 is 1.37 bits per heavy atom. The highest BCUT2D eigenvalue weighted by Gasteiger charge is 2.38. The summed E-state index contributed by atoms with van der Waals surface area (Å²) in [6, 6.07) is 4.24. The zero-order valence-electron chi connectivity index (χ0n) is 10.7. The molecule has 1 amide bonds. The van der Waals surface area contributed by atoms with Crippen LogP contribution in [0.3, 0.4) is 0 Å². The first kappa shape index (κ1) is 14.2. The minimum atomic E-state index is -0.623. The summed E-state index contributed by atoms with van der Waals surface area (Å²) in [5, 5.41) is 0.725. The quantitative estimate of drug-likeness (QED) is 0.615. The number of halogens is 2. The molecule has 1 atom stereocenters. The summed E-state index contributed by atoms with van der Waals surface area (Å²) in [7, 11) is 0. The first-order chi connectivity index (χ1) is 9.10. The number of carbonyl (C=O) groups excluding carboxylic acids is 2. The van der Waals surface area contributed by atoms with Gasteiger partial charge in [0.2, 0.25) is 0 Å². The van der Waals surface area contributed by atoms with E-state index in [-0.39, 0.29) is 17.2 Å². The normalized spacial score (nSPS) is 15.8. The van der Waals surface area contributed by atoms with Gasteiger partial charge in [0.25, 0.3) is 11.7 Å². The van der Waals surface area contributed by atoms with E-state index in [0.29, 0.717) is 6.54 Å². The maximum absolute atomic E-state index is 13.9. The van der Waals surface area contributed by atoms with Crippen LogP contribution in [0.1, 0.15) is 30.1 Å². The smallest absolute Gasteiger partial charge is 0.299 e. The molecule has 0 aliphatic carbocycles. The molecule has 0 bridgehead atoms. The molecule has 0 fully saturated rings. The van der Waals surface area contributed by atoms with Gasteiger partial charge in [0.15, 0.2) is 0 Å². The molecule has 1 aromatic rings. The number of hydrogen-bond donors (Lipinski definition) is 0. The van der Waals surface area contributed by atoms with Gasteiger partial charge >= 0.3 is 0 Å². The van der Waals surface area contributed by atoms with E-state index in [0.717, 1.165) is 18.2 Å². The van der Waals surface area contributed by atoms with Crippen molar-refractivity contribution in [2.75, 3.05) is 16.8 Å². The van der Waals surface area contributed by atoms with Gasteiger partial charge in [-0.3, -0.25) is 9.59 Å². The molecular weight excluding hydrogens is 313 g/mol. The van der Waals surface area contributed by atoms with Crippen molar-refractivity contribution in [2.24, 2.45) is 5.92 Å². The predicted molar refractivity (Wildman–Crippen MR) is 75.3 cm³/mol. The minimum Gasteiger partial charge on any atom is -0.302 e. The molecule has 1 aromatic carbocycles. The molecule has 102 valence electrons. The maximum Gasteiger partial charge on any atom is 0.299 e. The third-order valence-electron chi connectivity index (χ3n) is 3.30. The molecule has 0 spiro atoms. The van der Waals surface area contributed by atoms with Crippen molar-refractivity contribution in [1.82, 2.24) is 0 Å². The number of alkyl halides is 1. The second kappa shape index (κ2) is 5.82. The number of carbonyl (C=O) groups is 2. The number of anilines is 1. The van der Waals surface area contributed by atoms with Gasteiger partial charge < -0.3 is 4.90 Å². The lowest BCUT2D eigenvalue weighted by Gasteiger charge is -2.22. The number of rotatable bonds is 5. The SMILES string of the molecule is CCCC(CBr)CN1C(=O)C(=O)c2cccc(F)c21. The average Bonchev–Trinajstić information content (AvgIpc) is 2.64. The molecule has 0 N–H and O–H groups in total. The molecule has 0 saturated heterocycles. The third kappa shape index (κ3) is 2.56. The van der Waals surface area contributed by atoms with Crippen LogP contribution in [0.15, 0.2) is 18.2 Å². The van der Waals surface area contributed by atoms with Gasteiger partial charge in [0, 0.05) is 11.9 Å². The van der Waals surface area contributed by atoms with Crippen molar-refractivity contribution in [3.8, 4) is 0 Å². The molecule has 0 saturated carbocycles. The third-order valence-corrected chi connectivity index (χ3v) is 4.21. The topological polar surface area (TPSA) is 37.4 Å². The number of fused-ring (bicyclic) bond motifs is 1. The molecule has 2 rings (SSSR count). The summed E-state index contributed by atoms with van der Waals surface area (Å²) in [6.07, 6.45) is 1.91. The van der Waals surface area contributed by atoms with Crippen molar-refractivity contribution >= 4 is 33.3 Å². The van der Waals surface area contributed by atoms with Crippen LogP contribution in [0.25, 0.3) is 0 Å². The fourth-order valence-electron chi connectivity index (χ4n) is 2.37. The number of nitrogens with zero attached hydrogens (tertiary/aromatic N) is 1. The Morgan fingerprint density at radius 2 is 2.11 bits per heavy atom. The lowest BCUT2D eigenvalue weighted by atomic mass is 10.1. The van der Waals surface area contributed by atoms with Crippen molar-refractivity contribution in [3.05, 3.63) is 29.6 Å². The van der Waals surface area contributed by atoms with E-state index in [1.807, 2.05) is 0 Å². The van der Waals surface area contributed by atoms with Gasteiger partial charge in [-0.25, -0.2) is 4.39 Å². The summed E-state index contributed by atoms with van der Waals surface area (Å²) >= 11 is 3.40. The van der Waals surface area contributed by atoms with Crippen LogP contribution in [0.4, 0.5) is 10.1 Å². The van der Waals surface area contributed by atoms with Crippen LogP contribution < -0.4 is 4.90 Å². The largest absolute Gasteiger partial charge is 0.302 e. The molecule has 1 aliphatic rings. The highest BCUT2D eigenvalue weighted by molar-refractivity contribution is 9.09. The van der Waals surface area contributed by atoms with Crippen molar-refractivity contribution in [1.29, 1.82) is 0 Å². The summed E-state index contributed by atoms with van der Waals surface area (Å²) in [6.45, 7) is 2.43. The van der Waals surface area contributed by atoms with Crippen LogP contribution in [-0.4, -0.2) is 23.6 Å². The Kier molecular flexibility index (Phi) is 4.34. The predicted octanol–water partition coefficient (Wildman–Crippen LogP) is 3.17. The fraction of sp³-hybridized carbons (Fsp3) is 0.429. The Labute approximate surface area is 119 Å². The van der Waals surface area contributed by atoms with E-state index in [9.17, 15) is 14.0 Å². The van der Waals surface area contributed by atoms with E-state index in [1.54, 1.807) is 0 Å². The van der Waals surface area contributed by atoms with E-state index >= 15 is 0 Å². The van der Waals surface area contributed by atoms with Crippen LogP contribution in [-0.2, 0) is 4.79 Å². The Bertz CT molecular complexity index is 518. The van der Waals surface area contributed by atoms with Gasteiger partial charge in [0.1, 0.15) is 5.82 Å². The van der Waals surface area contributed by atoms with Gasteiger partial charge in [-0.1, -0.05) is 35.3 Å². The zero-order valence-corrected chi connectivity index (χ0v) is 12.2. The molecule has 0 aromatic heterocycles. The number of hydrogen-bond acceptors (Lipinski definition) is 2. The monoisotopic (exact) mass is 327 g/mol. The summed E-state index contributed by atoms with van der Waals surface area (Å²) in [5.74, 6) is -1.53. The Balaban J connectivity index is 2.32. The van der Waals surface area contributed by atoms with Crippen LogP contribution in [0, 0.1) is 11.7 Å². The summed E-state index contributed by atoms with van der Waals surface area (Å²) < 4.78 is 13.9. The van der Waals surface area contributed by atoms with Gasteiger partial charge in [-0.05, 0) is 24.5 Å². The second-order valence-electron chi connectivity index (χ2n) is 4.69. The van der Waals surface area contributed by atoms with Crippen molar-refractivity contribution in [3.63, 3.8) is 0 Å². The number of para-hydroxylation sites is 1. The van der Waals surface area contributed by atoms with E-state index in [1.165, 1.54) is 23.1 Å². The molecule has 1 aliphatic heterocycles. The second-order valence-corrected chi connectivity index (χ2v) is 5.34. The summed E-state index contributed by atoms with van der Waals surface area (Å²) in [4.78, 5) is 25.1. The number of ketones is 1. The first-order valence-corrected chi connectivity index (χ1v) is 7.43. The molecule has 3 nitrogen and oxygen atoms in total. The standard InChI is InChI=1S/C14H15BrFNO2/c1-2-4-9(7-15)8-17-12-10(13(18)14(17)19)5-3-6-11(12)16/h3,5-6,9H,2,4,7-8H2,1H3. The number of Topliss-reactive ketones (excluding diaryl/α,β-unsaturated/α-hetero) is 1. The molecule has 19 heavy (non-hydrogen) atoms. The Morgan fingerprint density at radius 3 is 2.74 bits per heavy atom. The lowest BCUT2D eigenvalue weighted by molar-refractivity contribution is -0.114. The fourth-order valence-corrected chi connectivity index (χ4v) is 2.90. The number of amides is 1. The van der Waals surface area contributed by atoms with Gasteiger partial charge in [-0.15, -0.1) is 0 Å². The maximum atomic E-state index is 13.9. The molecule has 5 heteroatoms. The minimum absolute atomic E-state index is 0.138. The van der Waals surface area contributed by atoms with E-state index in [2.05, 4.69) is 22.9 Å². The lowest BCUT2D eigenvalue weighted by Crippen LogP contribution is -2.35. The van der Waals surface area contributed by atoms with E-state index < -0.39 is 17.5 Å².